The van der Waals surface area contributed by atoms with Gasteiger partial charge in [0.15, 0.2) is 0 Å². The lowest BCUT2D eigenvalue weighted by molar-refractivity contribution is -0.132. The van der Waals surface area contributed by atoms with Crippen molar-refractivity contribution in [1.29, 1.82) is 0 Å². The number of ether oxygens (including phenoxy) is 1. The summed E-state index contributed by atoms with van der Waals surface area (Å²) in [5.41, 5.74) is 0. The van der Waals surface area contributed by atoms with Crippen LogP contribution in [0.5, 0.6) is 0 Å². The fourth-order valence-electron chi connectivity index (χ4n) is 2.74. The fourth-order valence-corrected chi connectivity index (χ4v) is 2.74. The van der Waals surface area contributed by atoms with E-state index in [1.54, 1.807) is 0 Å². The molecule has 1 saturated carbocycles. The minimum atomic E-state index is -0.316. The van der Waals surface area contributed by atoms with Crippen LogP contribution in [0.2, 0.25) is 0 Å². The number of carbonyl (C=O) groups excluding carboxylic acids is 1. The van der Waals surface area contributed by atoms with E-state index >= 15 is 0 Å². The van der Waals surface area contributed by atoms with Crippen LogP contribution in [0.25, 0.3) is 0 Å². The summed E-state index contributed by atoms with van der Waals surface area (Å²) in [6.45, 7) is 6.56. The number of hydrogen-bond acceptors (Lipinski definition) is 2. The highest BCUT2D eigenvalue weighted by Crippen LogP contribution is 2.28. The molecular formula is C14H27NO2. The van der Waals surface area contributed by atoms with Gasteiger partial charge in [-0.25, -0.2) is 0 Å². The van der Waals surface area contributed by atoms with Gasteiger partial charge in [0.25, 0.3) is 0 Å². The summed E-state index contributed by atoms with van der Waals surface area (Å²) in [6.07, 6.45) is 7.08. The van der Waals surface area contributed by atoms with Gasteiger partial charge in [-0.05, 0) is 39.0 Å². The van der Waals surface area contributed by atoms with Gasteiger partial charge in [0.1, 0.15) is 6.10 Å². The molecule has 0 saturated heterocycles. The number of carbonyl (C=O) groups is 1. The van der Waals surface area contributed by atoms with Gasteiger partial charge < -0.3 is 10.1 Å². The van der Waals surface area contributed by atoms with Crippen LogP contribution in [0, 0.1) is 5.92 Å². The Hall–Kier alpha value is -0.570. The van der Waals surface area contributed by atoms with Gasteiger partial charge in [-0.1, -0.05) is 26.2 Å². The van der Waals surface area contributed by atoms with Gasteiger partial charge >= 0.3 is 0 Å². The van der Waals surface area contributed by atoms with E-state index in [9.17, 15) is 4.79 Å². The Balaban J connectivity index is 2.43. The number of nitrogens with one attached hydrogen (secondary N) is 1. The highest BCUT2D eigenvalue weighted by molar-refractivity contribution is 5.80. The van der Waals surface area contributed by atoms with Crippen LogP contribution in [0.1, 0.15) is 59.3 Å². The number of rotatable bonds is 6. The molecule has 100 valence electrons. The van der Waals surface area contributed by atoms with Crippen LogP contribution in [0.4, 0.5) is 0 Å². The first-order chi connectivity index (χ1) is 8.19. The summed E-state index contributed by atoms with van der Waals surface area (Å²) in [5.74, 6) is 0.728. The Bertz CT molecular complexity index is 228. The Kier molecular flexibility index (Phi) is 6.56. The Morgan fingerprint density at radius 3 is 2.71 bits per heavy atom. The van der Waals surface area contributed by atoms with E-state index in [0.717, 1.165) is 6.42 Å². The van der Waals surface area contributed by atoms with Crippen LogP contribution in [0.3, 0.4) is 0 Å². The molecule has 0 aromatic heterocycles. The summed E-state index contributed by atoms with van der Waals surface area (Å²) in [6, 6.07) is 0.374. The zero-order valence-electron chi connectivity index (χ0n) is 11.5. The number of hydrogen-bond donors (Lipinski definition) is 1. The second kappa shape index (κ2) is 7.70. The Morgan fingerprint density at radius 2 is 2.06 bits per heavy atom. The summed E-state index contributed by atoms with van der Waals surface area (Å²) in [4.78, 5) is 11.9. The molecule has 3 nitrogen and oxygen atoms in total. The van der Waals surface area contributed by atoms with E-state index in [2.05, 4.69) is 12.2 Å². The minimum Gasteiger partial charge on any atom is -0.369 e. The normalized spacial score (nSPS) is 26.5. The van der Waals surface area contributed by atoms with Gasteiger partial charge in [-0.15, -0.1) is 0 Å². The van der Waals surface area contributed by atoms with Crippen molar-refractivity contribution in [1.82, 2.24) is 5.32 Å². The van der Waals surface area contributed by atoms with Gasteiger partial charge in [-0.3, -0.25) is 4.79 Å². The first-order valence-electron chi connectivity index (χ1n) is 7.11. The van der Waals surface area contributed by atoms with Crippen molar-refractivity contribution in [2.24, 2.45) is 5.92 Å². The van der Waals surface area contributed by atoms with Crippen LogP contribution < -0.4 is 5.32 Å². The monoisotopic (exact) mass is 241 g/mol. The van der Waals surface area contributed by atoms with Gasteiger partial charge in [0, 0.05) is 12.6 Å². The first-order valence-corrected chi connectivity index (χ1v) is 7.11. The quantitative estimate of drug-likeness (QED) is 0.776. The lowest BCUT2D eigenvalue weighted by Gasteiger charge is -2.32. The molecule has 3 atom stereocenters. The maximum Gasteiger partial charge on any atom is 0.249 e. The smallest absolute Gasteiger partial charge is 0.249 e. The van der Waals surface area contributed by atoms with Crippen LogP contribution in [-0.2, 0) is 9.53 Å². The maximum atomic E-state index is 11.9. The predicted molar refractivity (Wildman–Crippen MR) is 69.9 cm³/mol. The lowest BCUT2D eigenvalue weighted by atomic mass is 9.82. The first kappa shape index (κ1) is 14.5. The predicted octanol–water partition coefficient (Wildman–Crippen LogP) is 2.89. The number of amides is 1. The standard InChI is InChI=1S/C14H27NO2/c1-4-8-12-9-6-7-10-13(12)15-14(16)11(3)17-5-2/h11-13H,4-10H2,1-3H3,(H,15,16)/t11-,12-,13+/m1/s1. The van der Waals surface area contributed by atoms with Crippen molar-refractivity contribution in [3.8, 4) is 0 Å². The van der Waals surface area contributed by atoms with Crippen molar-refractivity contribution < 1.29 is 9.53 Å². The molecule has 17 heavy (non-hydrogen) atoms. The molecule has 0 aromatic carbocycles. The molecule has 0 heterocycles. The third kappa shape index (κ3) is 4.66. The summed E-state index contributed by atoms with van der Waals surface area (Å²) < 4.78 is 5.33. The highest BCUT2D eigenvalue weighted by atomic mass is 16.5. The van der Waals surface area contributed by atoms with Crippen molar-refractivity contribution in [2.45, 2.75) is 71.4 Å². The molecule has 3 heteroatoms. The molecular weight excluding hydrogens is 214 g/mol. The molecule has 0 aromatic rings. The molecule has 1 rings (SSSR count). The molecule has 0 aliphatic heterocycles. The minimum absolute atomic E-state index is 0.0554. The summed E-state index contributed by atoms with van der Waals surface area (Å²) >= 11 is 0. The van der Waals surface area contributed by atoms with E-state index in [4.69, 9.17) is 4.74 Å². The van der Waals surface area contributed by atoms with Crippen molar-refractivity contribution in [2.75, 3.05) is 6.61 Å². The van der Waals surface area contributed by atoms with Crippen molar-refractivity contribution >= 4 is 5.91 Å². The molecule has 1 amide bonds. The highest BCUT2D eigenvalue weighted by Gasteiger charge is 2.27. The molecule has 0 radical (unpaired) electrons. The van der Waals surface area contributed by atoms with Crippen molar-refractivity contribution in [3.63, 3.8) is 0 Å². The fraction of sp³-hybridized carbons (Fsp3) is 0.929. The Labute approximate surface area is 105 Å². The van der Waals surface area contributed by atoms with E-state index in [1.165, 1.54) is 32.1 Å². The molecule has 0 bridgehead atoms. The topological polar surface area (TPSA) is 38.3 Å². The van der Waals surface area contributed by atoms with Crippen molar-refractivity contribution in [3.05, 3.63) is 0 Å². The second-order valence-electron chi connectivity index (χ2n) is 5.05. The second-order valence-corrected chi connectivity index (χ2v) is 5.05. The molecule has 0 spiro atoms. The SMILES string of the molecule is CCC[C@@H]1CCCC[C@@H]1NC(=O)[C@@H](C)OCC. The average Bonchev–Trinajstić information content (AvgIpc) is 2.32. The maximum absolute atomic E-state index is 11.9. The molecule has 1 fully saturated rings. The molecule has 1 N–H and O–H groups in total. The zero-order chi connectivity index (χ0) is 12.7. The Morgan fingerprint density at radius 1 is 1.35 bits per heavy atom. The third-order valence-corrected chi connectivity index (χ3v) is 3.68. The molecule has 0 unspecified atom stereocenters. The average molecular weight is 241 g/mol. The van der Waals surface area contributed by atoms with E-state index in [1.807, 2.05) is 13.8 Å². The van der Waals surface area contributed by atoms with Crippen LogP contribution in [-0.4, -0.2) is 24.7 Å². The lowest BCUT2D eigenvalue weighted by Crippen LogP contribution is -2.46. The van der Waals surface area contributed by atoms with E-state index in [-0.39, 0.29) is 12.0 Å². The van der Waals surface area contributed by atoms with E-state index < -0.39 is 0 Å². The van der Waals surface area contributed by atoms with Gasteiger partial charge in [0.05, 0.1) is 0 Å². The summed E-state index contributed by atoms with van der Waals surface area (Å²) in [7, 11) is 0. The van der Waals surface area contributed by atoms with Gasteiger partial charge in [0.2, 0.25) is 5.91 Å². The third-order valence-electron chi connectivity index (χ3n) is 3.68. The molecule has 1 aliphatic carbocycles. The summed E-state index contributed by atoms with van der Waals surface area (Å²) in [5, 5.41) is 3.17. The van der Waals surface area contributed by atoms with Gasteiger partial charge in [-0.2, -0.15) is 0 Å². The van der Waals surface area contributed by atoms with Crippen LogP contribution >= 0.6 is 0 Å². The molecule has 1 aliphatic rings. The van der Waals surface area contributed by atoms with E-state index in [0.29, 0.717) is 18.6 Å². The van der Waals surface area contributed by atoms with Crippen LogP contribution in [0.15, 0.2) is 0 Å². The largest absolute Gasteiger partial charge is 0.369 e. The zero-order valence-corrected chi connectivity index (χ0v) is 11.5.